The summed E-state index contributed by atoms with van der Waals surface area (Å²) in [5.74, 6) is -0.00338. The zero-order valence-electron chi connectivity index (χ0n) is 8.14. The van der Waals surface area contributed by atoms with E-state index < -0.39 is 5.82 Å². The molecule has 2 heterocycles. The zero-order chi connectivity index (χ0) is 11.4. The summed E-state index contributed by atoms with van der Waals surface area (Å²) in [5.41, 5.74) is 2.59. The first-order chi connectivity index (χ1) is 7.78. The first-order valence-corrected chi connectivity index (χ1v) is 4.50. The summed E-state index contributed by atoms with van der Waals surface area (Å²) in [4.78, 5) is 7.65. The maximum Gasteiger partial charge on any atom is 0.143 e. The molecule has 0 saturated heterocycles. The van der Waals surface area contributed by atoms with Gasteiger partial charge in [0.05, 0.1) is 18.1 Å². The van der Waals surface area contributed by atoms with Crippen molar-refractivity contribution in [2.24, 2.45) is 0 Å². The molecule has 0 aliphatic rings. The Morgan fingerprint density at radius 1 is 1.19 bits per heavy atom. The highest BCUT2D eigenvalue weighted by molar-refractivity contribution is 5.60. The van der Waals surface area contributed by atoms with Crippen LogP contribution in [-0.4, -0.2) is 9.97 Å². The van der Waals surface area contributed by atoms with E-state index in [4.69, 9.17) is 0 Å². The number of nitrogens with one attached hydrogen (secondary N) is 2. The Kier molecular flexibility index (Phi) is 2.93. The summed E-state index contributed by atoms with van der Waals surface area (Å²) < 4.78 is 12.8. The van der Waals surface area contributed by atoms with Crippen molar-refractivity contribution in [2.45, 2.75) is 0 Å². The van der Waals surface area contributed by atoms with Crippen LogP contribution in [0.2, 0.25) is 0 Å². The molecule has 0 saturated carbocycles. The van der Waals surface area contributed by atoms with Crippen LogP contribution in [0.15, 0.2) is 36.8 Å². The van der Waals surface area contributed by atoms with Gasteiger partial charge in [-0.05, 0) is 6.07 Å². The van der Waals surface area contributed by atoms with Gasteiger partial charge in [-0.3, -0.25) is 4.98 Å². The first kappa shape index (κ1) is 10.3. The Balaban J connectivity index is 2.20. The van der Waals surface area contributed by atoms with E-state index in [2.05, 4.69) is 15.3 Å². The largest absolute Gasteiger partial charge is 0.761 e. The van der Waals surface area contributed by atoms with Crippen LogP contribution >= 0.6 is 0 Å². The monoisotopic (exact) mass is 219 g/mol. The SMILES string of the molecule is [O-]Nc1ccnc(Nc2cncc(F)c2)c1. The average molecular weight is 219 g/mol. The van der Waals surface area contributed by atoms with E-state index in [9.17, 15) is 9.60 Å². The second-order valence-corrected chi connectivity index (χ2v) is 3.05. The molecule has 5 nitrogen and oxygen atoms in total. The number of hydrogen-bond acceptors (Lipinski definition) is 5. The number of aromatic nitrogens is 2. The molecule has 0 radical (unpaired) electrons. The van der Waals surface area contributed by atoms with Crippen molar-refractivity contribution in [1.29, 1.82) is 0 Å². The minimum atomic E-state index is -0.442. The van der Waals surface area contributed by atoms with Gasteiger partial charge in [-0.15, -0.1) is 0 Å². The van der Waals surface area contributed by atoms with Crippen molar-refractivity contribution in [3.05, 3.63) is 47.8 Å². The fourth-order valence-corrected chi connectivity index (χ4v) is 1.19. The van der Waals surface area contributed by atoms with E-state index in [-0.39, 0.29) is 0 Å². The number of hydrogen-bond donors (Lipinski definition) is 2. The molecule has 6 heteroatoms. The molecule has 2 aromatic rings. The summed E-state index contributed by atoms with van der Waals surface area (Å²) >= 11 is 0. The lowest BCUT2D eigenvalue weighted by Crippen LogP contribution is -1.95. The molecular formula is C10H8FN4O-. The molecule has 82 valence electrons. The van der Waals surface area contributed by atoms with Crippen LogP contribution in [-0.2, 0) is 0 Å². The predicted molar refractivity (Wildman–Crippen MR) is 58.7 cm³/mol. The van der Waals surface area contributed by atoms with E-state index in [1.165, 1.54) is 30.6 Å². The van der Waals surface area contributed by atoms with Crippen molar-refractivity contribution < 1.29 is 4.39 Å². The molecule has 16 heavy (non-hydrogen) atoms. The maximum atomic E-state index is 12.8. The molecule has 2 rings (SSSR count). The summed E-state index contributed by atoms with van der Waals surface area (Å²) in [6.07, 6.45) is 4.03. The Morgan fingerprint density at radius 2 is 2.06 bits per heavy atom. The fraction of sp³-hybridized carbons (Fsp3) is 0. The van der Waals surface area contributed by atoms with Gasteiger partial charge in [0.2, 0.25) is 0 Å². The highest BCUT2D eigenvalue weighted by Crippen LogP contribution is 2.17. The van der Waals surface area contributed by atoms with Gasteiger partial charge in [-0.25, -0.2) is 9.37 Å². The molecule has 0 fully saturated rings. The Labute approximate surface area is 90.9 Å². The van der Waals surface area contributed by atoms with E-state index in [1.807, 2.05) is 0 Å². The molecule has 0 bridgehead atoms. The molecule has 0 spiro atoms. The number of rotatable bonds is 3. The Hall–Kier alpha value is -2.21. The molecule has 2 aromatic heterocycles. The van der Waals surface area contributed by atoms with E-state index >= 15 is 0 Å². The molecular weight excluding hydrogens is 211 g/mol. The summed E-state index contributed by atoms with van der Waals surface area (Å²) in [7, 11) is 0. The van der Waals surface area contributed by atoms with Crippen LogP contribution in [0.25, 0.3) is 0 Å². The fourth-order valence-electron chi connectivity index (χ4n) is 1.19. The number of pyridine rings is 2. The molecule has 0 atom stereocenters. The van der Waals surface area contributed by atoms with E-state index in [0.717, 1.165) is 6.20 Å². The van der Waals surface area contributed by atoms with Gasteiger partial charge in [-0.2, -0.15) is 0 Å². The van der Waals surface area contributed by atoms with Crippen molar-refractivity contribution >= 4 is 17.2 Å². The van der Waals surface area contributed by atoms with Gasteiger partial charge in [0, 0.05) is 24.0 Å². The van der Waals surface area contributed by atoms with Crippen LogP contribution in [0, 0.1) is 11.0 Å². The van der Waals surface area contributed by atoms with Crippen LogP contribution in [0.1, 0.15) is 0 Å². The average Bonchev–Trinajstić information content (AvgIpc) is 2.29. The molecule has 0 aliphatic heterocycles. The first-order valence-electron chi connectivity index (χ1n) is 4.50. The van der Waals surface area contributed by atoms with Gasteiger partial charge >= 0.3 is 0 Å². The van der Waals surface area contributed by atoms with Crippen molar-refractivity contribution in [3.8, 4) is 0 Å². The lowest BCUT2D eigenvalue weighted by molar-refractivity contribution is 0.622. The predicted octanol–water partition coefficient (Wildman–Crippen LogP) is 2.27. The lowest BCUT2D eigenvalue weighted by atomic mass is 10.3. The molecule has 2 N–H and O–H groups in total. The summed E-state index contributed by atoms with van der Waals surface area (Å²) in [6, 6.07) is 4.33. The smallest absolute Gasteiger partial charge is 0.143 e. The third-order valence-corrected chi connectivity index (χ3v) is 1.86. The van der Waals surface area contributed by atoms with Crippen LogP contribution in [0.3, 0.4) is 0 Å². The van der Waals surface area contributed by atoms with Gasteiger partial charge in [-0.1, -0.05) is 0 Å². The van der Waals surface area contributed by atoms with Crippen LogP contribution < -0.4 is 10.8 Å². The minimum absolute atomic E-state index is 0.377. The van der Waals surface area contributed by atoms with Crippen molar-refractivity contribution in [1.82, 2.24) is 9.97 Å². The highest BCUT2D eigenvalue weighted by atomic mass is 19.1. The van der Waals surface area contributed by atoms with Gasteiger partial charge in [0.1, 0.15) is 11.6 Å². The summed E-state index contributed by atoms with van der Waals surface area (Å²) in [6.45, 7) is 0. The van der Waals surface area contributed by atoms with Gasteiger partial charge in [0.15, 0.2) is 0 Å². The number of nitrogens with zero attached hydrogens (tertiary/aromatic N) is 2. The lowest BCUT2D eigenvalue weighted by Gasteiger charge is -2.11. The normalized spacial score (nSPS) is 9.88. The summed E-state index contributed by atoms with van der Waals surface area (Å²) in [5, 5.41) is 13.2. The topological polar surface area (TPSA) is 72.9 Å². The molecule has 0 aromatic carbocycles. The van der Waals surface area contributed by atoms with E-state index in [1.54, 1.807) is 5.48 Å². The Morgan fingerprint density at radius 3 is 2.81 bits per heavy atom. The Bertz CT molecular complexity index is 492. The van der Waals surface area contributed by atoms with Crippen LogP contribution in [0.5, 0.6) is 0 Å². The third-order valence-electron chi connectivity index (χ3n) is 1.86. The second-order valence-electron chi connectivity index (χ2n) is 3.05. The highest BCUT2D eigenvalue weighted by Gasteiger charge is 1.98. The number of anilines is 3. The minimum Gasteiger partial charge on any atom is -0.761 e. The quantitative estimate of drug-likeness (QED) is 0.774. The standard InChI is InChI=1S/C10H8FN4O/c11-7-3-9(6-12-5-7)14-10-4-8(15-16)1-2-13-10/h1-6H,(H2-,13,14,15,16)/q-1. The van der Waals surface area contributed by atoms with Crippen molar-refractivity contribution in [2.75, 3.05) is 10.8 Å². The molecule has 0 unspecified atom stereocenters. The van der Waals surface area contributed by atoms with Gasteiger partial charge < -0.3 is 16.0 Å². The third kappa shape index (κ3) is 2.43. The zero-order valence-corrected chi connectivity index (χ0v) is 8.14. The molecule has 0 amide bonds. The van der Waals surface area contributed by atoms with Crippen LogP contribution in [0.4, 0.5) is 21.6 Å². The number of halogens is 1. The molecule has 0 aliphatic carbocycles. The maximum absolute atomic E-state index is 12.8. The van der Waals surface area contributed by atoms with Gasteiger partial charge in [0.25, 0.3) is 0 Å². The van der Waals surface area contributed by atoms with Crippen molar-refractivity contribution in [3.63, 3.8) is 0 Å². The van der Waals surface area contributed by atoms with E-state index in [0.29, 0.717) is 17.2 Å². The second kappa shape index (κ2) is 4.54.